The maximum atomic E-state index is 7.00. The molecule has 0 aliphatic rings. The predicted molar refractivity (Wildman–Crippen MR) is 52.2 cm³/mol. The molecule has 0 heterocycles. The largest absolute Gasteiger partial charge is 2.00 e. The summed E-state index contributed by atoms with van der Waals surface area (Å²) in [7, 11) is 2.00. The first kappa shape index (κ1) is 29.3. The molecule has 3 heteroatoms. The summed E-state index contributed by atoms with van der Waals surface area (Å²) in [5, 5.41) is 14.0. The van der Waals surface area contributed by atoms with Crippen molar-refractivity contribution in [3.63, 3.8) is 0 Å². The van der Waals surface area contributed by atoms with Crippen LogP contribution in [0.5, 0.6) is 0 Å². The molecule has 0 rings (SSSR count). The molecule has 0 fully saturated rings. The van der Waals surface area contributed by atoms with Gasteiger partial charge in [-0.2, -0.15) is 6.42 Å². The van der Waals surface area contributed by atoms with Crippen molar-refractivity contribution in [2.24, 2.45) is 0 Å². The molecular weight excluding hydrogens is 188 g/mol. The molecule has 0 amide bonds. The number of rotatable bonds is 3. The normalized spacial score (nSPS) is 5.50. The van der Waals surface area contributed by atoms with Gasteiger partial charge in [-0.15, -0.1) is 0 Å². The summed E-state index contributed by atoms with van der Waals surface area (Å²) < 4.78 is 0. The Balaban J connectivity index is -0.0000000241. The molecule has 0 aromatic rings. The minimum Gasteiger partial charge on any atom is -0.400 e. The van der Waals surface area contributed by atoms with Crippen molar-refractivity contribution in [2.75, 3.05) is 14.2 Å². The molecule has 0 saturated carbocycles. The van der Waals surface area contributed by atoms with Gasteiger partial charge in [-0.25, -0.2) is 0 Å². The summed E-state index contributed by atoms with van der Waals surface area (Å²) in [6.07, 6.45) is 5.07. The number of hydrogen-bond acceptors (Lipinski definition) is 2. The third-order valence-corrected chi connectivity index (χ3v) is 0.854. The van der Waals surface area contributed by atoms with E-state index in [9.17, 15) is 0 Å². The molecule has 0 bridgehead atoms. The van der Waals surface area contributed by atoms with Crippen LogP contribution in [0.3, 0.4) is 0 Å². The predicted octanol–water partition coefficient (Wildman–Crippen LogP) is 2.07. The average Bonchev–Trinajstić information content (AvgIpc) is 2.08. The van der Waals surface area contributed by atoms with E-state index in [2.05, 4.69) is 13.8 Å². The van der Waals surface area contributed by atoms with Crippen LogP contribution < -0.4 is 0 Å². The smallest absolute Gasteiger partial charge is 0.400 e. The van der Waals surface area contributed by atoms with Crippen LogP contribution in [0.2, 0.25) is 0 Å². The van der Waals surface area contributed by atoms with Gasteiger partial charge in [-0.3, -0.25) is 0 Å². The first-order valence-electron chi connectivity index (χ1n) is 3.60. The molecule has 2 nitrogen and oxygen atoms in total. The van der Waals surface area contributed by atoms with Crippen LogP contribution in [-0.4, -0.2) is 24.4 Å². The van der Waals surface area contributed by atoms with Crippen LogP contribution in [0, 0.1) is 14.4 Å². The fraction of sp³-hybridized carbons (Fsp3) is 0.778. The summed E-state index contributed by atoms with van der Waals surface area (Å²) in [6.45, 7) is 5.93. The summed E-state index contributed by atoms with van der Waals surface area (Å²) >= 11 is 0. The molecule has 0 aromatic heterocycles. The van der Waals surface area contributed by atoms with E-state index < -0.39 is 0 Å². The van der Waals surface area contributed by atoms with Crippen molar-refractivity contribution in [2.45, 2.75) is 32.6 Å². The summed E-state index contributed by atoms with van der Waals surface area (Å²) in [5.41, 5.74) is 0. The molecule has 0 saturated heterocycles. The van der Waals surface area contributed by atoms with Gasteiger partial charge in [0.15, 0.2) is 0 Å². The number of aliphatic hydroxyl groups is 2. The molecule has 0 spiro atoms. The quantitative estimate of drug-likeness (QED) is 0.427. The van der Waals surface area contributed by atoms with Gasteiger partial charge >= 0.3 is 21.7 Å². The van der Waals surface area contributed by atoms with Gasteiger partial charge in [-0.1, -0.05) is 26.2 Å². The molecule has 12 heavy (non-hydrogen) atoms. The van der Waals surface area contributed by atoms with Crippen molar-refractivity contribution in [3.05, 3.63) is 14.4 Å². The Labute approximate surface area is 93.3 Å². The van der Waals surface area contributed by atoms with E-state index in [4.69, 9.17) is 10.2 Å². The first-order valence-corrected chi connectivity index (χ1v) is 3.60. The van der Waals surface area contributed by atoms with Crippen molar-refractivity contribution < 1.29 is 31.9 Å². The van der Waals surface area contributed by atoms with E-state index in [0.29, 0.717) is 0 Å². The summed E-state index contributed by atoms with van der Waals surface area (Å²) in [4.78, 5) is 0. The maximum Gasteiger partial charge on any atom is 2.00 e. The van der Waals surface area contributed by atoms with Crippen LogP contribution >= 0.6 is 0 Å². The molecule has 0 radical (unpaired) electrons. The fourth-order valence-corrected chi connectivity index (χ4v) is 0.427. The van der Waals surface area contributed by atoms with Gasteiger partial charge in [0.2, 0.25) is 0 Å². The van der Waals surface area contributed by atoms with E-state index in [1.165, 1.54) is 19.3 Å². The van der Waals surface area contributed by atoms with Crippen molar-refractivity contribution in [3.8, 4) is 0 Å². The number of unbranched alkanes of at least 4 members (excludes halogenated alkanes) is 3. The molecule has 0 aliphatic carbocycles. The third-order valence-electron chi connectivity index (χ3n) is 0.854. The van der Waals surface area contributed by atoms with E-state index in [1.54, 1.807) is 0 Å². The maximum absolute atomic E-state index is 7.00. The van der Waals surface area contributed by atoms with Crippen molar-refractivity contribution in [1.82, 2.24) is 0 Å². The van der Waals surface area contributed by atoms with E-state index in [1.807, 2.05) is 0 Å². The van der Waals surface area contributed by atoms with E-state index in [-0.39, 0.29) is 29.1 Å². The Morgan fingerprint density at radius 3 is 1.42 bits per heavy atom. The van der Waals surface area contributed by atoms with Gasteiger partial charge in [-0.05, 0) is 0 Å². The van der Waals surface area contributed by atoms with E-state index in [0.717, 1.165) is 20.6 Å². The first-order chi connectivity index (χ1) is 4.91. The van der Waals surface area contributed by atoms with Crippen LogP contribution in [0.4, 0.5) is 0 Å². The molecule has 0 unspecified atom stereocenters. The molecule has 0 atom stereocenters. The topological polar surface area (TPSA) is 40.5 Å². The second-order valence-corrected chi connectivity index (χ2v) is 1.56. The van der Waals surface area contributed by atoms with Gasteiger partial charge in [0.1, 0.15) is 0 Å². The average molecular weight is 212 g/mol. The van der Waals surface area contributed by atoms with Crippen LogP contribution in [0.25, 0.3) is 0 Å². The second kappa shape index (κ2) is 61.3. The number of aliphatic hydroxyl groups excluding tert-OH is 2. The molecule has 2 N–H and O–H groups in total. The Morgan fingerprint density at radius 1 is 1.00 bits per heavy atom. The van der Waals surface area contributed by atoms with Gasteiger partial charge in [0.05, 0.1) is 0 Å². The Hall–Kier alpha value is 0.634. The molecule has 0 aliphatic heterocycles. The Morgan fingerprint density at radius 2 is 1.33 bits per heavy atom. The standard InChI is InChI=1S/C6H13.2CH4O.CH3.Ti/c1-3-5-6-4-2;2*1-2;;/h1,3-6H2,2H3;2*2H,1H3;1H3;/q-1;;;-1;+2. The Kier molecular flexibility index (Phi) is 150. The zero-order valence-electron chi connectivity index (χ0n) is 8.93. The molecule has 76 valence electrons. The SMILES string of the molecule is CO.CO.[CH2-]CCCCC.[CH3-].[Ti+2]. The minimum absolute atomic E-state index is 0. The van der Waals surface area contributed by atoms with Crippen molar-refractivity contribution >= 4 is 0 Å². The molecule has 0 aromatic carbocycles. The van der Waals surface area contributed by atoms with Gasteiger partial charge < -0.3 is 24.6 Å². The zero-order valence-corrected chi connectivity index (χ0v) is 10.5. The summed E-state index contributed by atoms with van der Waals surface area (Å²) in [6, 6.07) is 0. The van der Waals surface area contributed by atoms with Gasteiger partial charge in [0, 0.05) is 14.2 Å². The van der Waals surface area contributed by atoms with Gasteiger partial charge in [0.25, 0.3) is 0 Å². The molecular formula is C9H24O2Ti. The van der Waals surface area contributed by atoms with Crippen LogP contribution in [0.1, 0.15) is 32.6 Å². The fourth-order valence-electron chi connectivity index (χ4n) is 0.427. The van der Waals surface area contributed by atoms with E-state index >= 15 is 0 Å². The summed E-state index contributed by atoms with van der Waals surface area (Å²) in [5.74, 6) is 0. The van der Waals surface area contributed by atoms with Crippen LogP contribution in [-0.2, 0) is 21.7 Å². The van der Waals surface area contributed by atoms with Crippen LogP contribution in [0.15, 0.2) is 0 Å². The zero-order chi connectivity index (χ0) is 8.83. The third kappa shape index (κ3) is 74.7. The Bertz CT molecular complexity index is 24.5. The second-order valence-electron chi connectivity index (χ2n) is 1.56. The number of hydrogen-bond donors (Lipinski definition) is 2. The monoisotopic (exact) mass is 212 g/mol. The minimum atomic E-state index is 0. The van der Waals surface area contributed by atoms with Crippen molar-refractivity contribution in [1.29, 1.82) is 0 Å².